The minimum Gasteiger partial charge on any atom is -0.324 e. The van der Waals surface area contributed by atoms with Gasteiger partial charge in [-0.15, -0.1) is 0 Å². The predicted octanol–water partition coefficient (Wildman–Crippen LogP) is 4.53. The lowest BCUT2D eigenvalue weighted by Crippen LogP contribution is -2.10. The van der Waals surface area contributed by atoms with Gasteiger partial charge in [0.25, 0.3) is 0 Å². The molecule has 0 aliphatic heterocycles. The van der Waals surface area contributed by atoms with Crippen LogP contribution in [0, 0.1) is 0 Å². The van der Waals surface area contributed by atoms with Gasteiger partial charge in [0.2, 0.25) is 0 Å². The molecule has 2 N–H and O–H groups in total. The van der Waals surface area contributed by atoms with Crippen LogP contribution in [-0.2, 0) is 0 Å². The second kappa shape index (κ2) is 6.20. The van der Waals surface area contributed by atoms with Crippen LogP contribution >= 0.6 is 0 Å². The first-order chi connectivity index (χ1) is 8.31. The third kappa shape index (κ3) is 3.32. The Morgan fingerprint density at radius 2 is 1.76 bits per heavy atom. The third-order valence-corrected chi connectivity index (χ3v) is 4.04. The highest BCUT2D eigenvalue weighted by Gasteiger charge is 2.15. The summed E-state index contributed by atoms with van der Waals surface area (Å²) in [6.45, 7) is 2.19. The quantitative estimate of drug-likeness (QED) is 0.809. The number of rotatable bonds is 4. The van der Waals surface area contributed by atoms with Crippen molar-refractivity contribution in [3.8, 4) is 0 Å². The van der Waals surface area contributed by atoms with E-state index in [4.69, 9.17) is 5.73 Å². The monoisotopic (exact) mass is 231 g/mol. The molecule has 94 valence electrons. The highest BCUT2D eigenvalue weighted by Crippen LogP contribution is 2.33. The van der Waals surface area contributed by atoms with E-state index >= 15 is 0 Å². The molecular formula is C16H25N. The Hall–Kier alpha value is -0.820. The Morgan fingerprint density at radius 1 is 1.12 bits per heavy atom. The van der Waals surface area contributed by atoms with Crippen molar-refractivity contribution in [1.29, 1.82) is 0 Å². The molecule has 17 heavy (non-hydrogen) atoms. The summed E-state index contributed by atoms with van der Waals surface area (Å²) in [5, 5.41) is 0. The highest BCUT2D eigenvalue weighted by atomic mass is 14.6. The summed E-state index contributed by atoms with van der Waals surface area (Å²) in [5.41, 5.74) is 8.96. The van der Waals surface area contributed by atoms with Crippen LogP contribution < -0.4 is 5.73 Å². The highest BCUT2D eigenvalue weighted by molar-refractivity contribution is 5.27. The predicted molar refractivity (Wildman–Crippen MR) is 74.1 cm³/mol. The molecule has 1 heteroatoms. The topological polar surface area (TPSA) is 26.0 Å². The molecule has 1 unspecified atom stereocenters. The Balaban J connectivity index is 2.01. The lowest BCUT2D eigenvalue weighted by Gasteiger charge is -2.22. The van der Waals surface area contributed by atoms with Gasteiger partial charge >= 0.3 is 0 Å². The molecule has 0 saturated heterocycles. The molecule has 1 aromatic carbocycles. The standard InChI is InChI=1S/C16H25N/c1-2-6-16(17)15-11-9-14(10-12-15)13-7-4-3-5-8-13/h9-13,16H,2-8,17H2,1H3. The number of hydrogen-bond acceptors (Lipinski definition) is 1. The van der Waals surface area contributed by atoms with Crippen LogP contribution in [-0.4, -0.2) is 0 Å². The van der Waals surface area contributed by atoms with Crippen LogP contribution in [0.4, 0.5) is 0 Å². The second-order valence-electron chi connectivity index (χ2n) is 5.40. The van der Waals surface area contributed by atoms with Crippen molar-refractivity contribution in [1.82, 2.24) is 0 Å². The van der Waals surface area contributed by atoms with E-state index in [1.807, 2.05) is 0 Å². The summed E-state index contributed by atoms with van der Waals surface area (Å²) < 4.78 is 0. The Kier molecular flexibility index (Phi) is 4.61. The summed E-state index contributed by atoms with van der Waals surface area (Å²) in [4.78, 5) is 0. The Bertz CT molecular complexity index is 322. The number of hydrogen-bond donors (Lipinski definition) is 1. The molecule has 0 heterocycles. The van der Waals surface area contributed by atoms with Crippen LogP contribution in [0.3, 0.4) is 0 Å². The molecule has 1 fully saturated rings. The number of nitrogens with two attached hydrogens (primary N) is 1. The molecule has 0 radical (unpaired) electrons. The lowest BCUT2D eigenvalue weighted by atomic mass is 9.83. The third-order valence-electron chi connectivity index (χ3n) is 4.04. The molecule has 0 amide bonds. The molecule has 1 aliphatic rings. The van der Waals surface area contributed by atoms with E-state index < -0.39 is 0 Å². The minimum absolute atomic E-state index is 0.223. The Labute approximate surface area is 105 Å². The largest absolute Gasteiger partial charge is 0.324 e. The first-order valence-electron chi connectivity index (χ1n) is 7.16. The number of benzene rings is 1. The SMILES string of the molecule is CCCC(N)c1ccc(C2CCCCC2)cc1. The van der Waals surface area contributed by atoms with Crippen LogP contribution in [0.1, 0.15) is 75.0 Å². The van der Waals surface area contributed by atoms with Crippen molar-refractivity contribution in [3.05, 3.63) is 35.4 Å². The van der Waals surface area contributed by atoms with Crippen LogP contribution in [0.5, 0.6) is 0 Å². The van der Waals surface area contributed by atoms with Crippen LogP contribution in [0.25, 0.3) is 0 Å². The van der Waals surface area contributed by atoms with Crippen LogP contribution in [0.15, 0.2) is 24.3 Å². The minimum atomic E-state index is 0.223. The van der Waals surface area contributed by atoms with Crippen molar-refractivity contribution in [2.75, 3.05) is 0 Å². The van der Waals surface area contributed by atoms with Gasteiger partial charge in [-0.05, 0) is 36.3 Å². The lowest BCUT2D eigenvalue weighted by molar-refractivity contribution is 0.443. The van der Waals surface area contributed by atoms with Gasteiger partial charge in [0.1, 0.15) is 0 Å². The zero-order valence-corrected chi connectivity index (χ0v) is 11.0. The zero-order chi connectivity index (χ0) is 12.1. The molecule has 0 bridgehead atoms. The molecule has 1 atom stereocenters. The summed E-state index contributed by atoms with van der Waals surface area (Å²) in [6.07, 6.45) is 9.23. The van der Waals surface area contributed by atoms with Crippen molar-refractivity contribution in [2.24, 2.45) is 5.73 Å². The summed E-state index contributed by atoms with van der Waals surface area (Å²) in [6, 6.07) is 9.32. The zero-order valence-electron chi connectivity index (χ0n) is 11.0. The summed E-state index contributed by atoms with van der Waals surface area (Å²) in [7, 11) is 0. The van der Waals surface area contributed by atoms with E-state index in [0.29, 0.717) is 0 Å². The first kappa shape index (κ1) is 12.6. The van der Waals surface area contributed by atoms with Gasteiger partial charge in [0.15, 0.2) is 0 Å². The van der Waals surface area contributed by atoms with Crippen LogP contribution in [0.2, 0.25) is 0 Å². The average molecular weight is 231 g/mol. The van der Waals surface area contributed by atoms with Gasteiger partial charge in [-0.2, -0.15) is 0 Å². The summed E-state index contributed by atoms with van der Waals surface area (Å²) >= 11 is 0. The molecule has 1 aromatic rings. The van der Waals surface area contributed by atoms with Gasteiger partial charge < -0.3 is 5.73 Å². The van der Waals surface area contributed by atoms with E-state index in [1.165, 1.54) is 43.2 Å². The maximum atomic E-state index is 6.13. The van der Waals surface area contributed by atoms with Gasteiger partial charge in [-0.1, -0.05) is 56.9 Å². The fraction of sp³-hybridized carbons (Fsp3) is 0.625. The van der Waals surface area contributed by atoms with Gasteiger partial charge in [-0.25, -0.2) is 0 Å². The Morgan fingerprint density at radius 3 is 2.35 bits per heavy atom. The van der Waals surface area contributed by atoms with Crippen molar-refractivity contribution in [2.45, 2.75) is 63.8 Å². The van der Waals surface area contributed by atoms with Gasteiger partial charge in [0, 0.05) is 6.04 Å². The molecule has 0 spiro atoms. The molecule has 1 nitrogen and oxygen atoms in total. The molecule has 0 aromatic heterocycles. The molecule has 2 rings (SSSR count). The van der Waals surface area contributed by atoms with E-state index in [9.17, 15) is 0 Å². The second-order valence-corrected chi connectivity index (χ2v) is 5.40. The fourth-order valence-electron chi connectivity index (χ4n) is 2.93. The van der Waals surface area contributed by atoms with E-state index in [1.54, 1.807) is 0 Å². The van der Waals surface area contributed by atoms with Gasteiger partial charge in [-0.3, -0.25) is 0 Å². The normalized spacial score (nSPS) is 19.2. The van der Waals surface area contributed by atoms with Gasteiger partial charge in [0.05, 0.1) is 0 Å². The van der Waals surface area contributed by atoms with Crippen molar-refractivity contribution < 1.29 is 0 Å². The average Bonchev–Trinajstić information content (AvgIpc) is 2.40. The van der Waals surface area contributed by atoms with Crippen molar-refractivity contribution >= 4 is 0 Å². The molecule has 1 aliphatic carbocycles. The van der Waals surface area contributed by atoms with E-state index in [-0.39, 0.29) is 6.04 Å². The van der Waals surface area contributed by atoms with E-state index in [0.717, 1.165) is 18.8 Å². The molecular weight excluding hydrogens is 206 g/mol. The fourth-order valence-corrected chi connectivity index (χ4v) is 2.93. The maximum Gasteiger partial charge on any atom is 0.0294 e. The smallest absolute Gasteiger partial charge is 0.0294 e. The maximum absolute atomic E-state index is 6.13. The van der Waals surface area contributed by atoms with E-state index in [2.05, 4.69) is 31.2 Å². The summed E-state index contributed by atoms with van der Waals surface area (Å²) in [5.74, 6) is 0.806. The first-order valence-corrected chi connectivity index (χ1v) is 7.16. The molecule has 1 saturated carbocycles. The van der Waals surface area contributed by atoms with Crippen molar-refractivity contribution in [3.63, 3.8) is 0 Å².